The van der Waals surface area contributed by atoms with E-state index in [1.54, 1.807) is 0 Å². The molecule has 0 spiro atoms. The fourth-order valence-electron chi connectivity index (χ4n) is 2.18. The minimum atomic E-state index is 0.473. The molecule has 2 aliphatic rings. The predicted octanol–water partition coefficient (Wildman–Crippen LogP) is -0.175. The molecule has 3 unspecified atom stereocenters. The van der Waals surface area contributed by atoms with Crippen molar-refractivity contribution in [1.29, 1.82) is 0 Å². The first-order valence-corrected chi connectivity index (χ1v) is 4.24. The number of piperidine rings is 1. The maximum Gasteiger partial charge on any atom is 0.210 e. The highest BCUT2D eigenvalue weighted by Crippen LogP contribution is 2.46. The Kier molecular flexibility index (Phi) is 1.60. The molecule has 62 valence electrons. The summed E-state index contributed by atoms with van der Waals surface area (Å²) in [7, 11) is 1.94. The van der Waals surface area contributed by atoms with E-state index in [0.29, 0.717) is 12.1 Å². The average Bonchev–Trinajstić information content (AvgIpc) is 2.65. The van der Waals surface area contributed by atoms with Crippen molar-refractivity contribution in [3.8, 4) is 0 Å². The quantitative estimate of drug-likeness (QED) is 0.572. The van der Waals surface area contributed by atoms with Gasteiger partial charge in [-0.1, -0.05) is 0 Å². The molecular formula is C8H14N2O. The van der Waals surface area contributed by atoms with E-state index in [2.05, 4.69) is 5.32 Å². The smallest absolute Gasteiger partial charge is 0.210 e. The van der Waals surface area contributed by atoms with E-state index in [1.165, 1.54) is 12.8 Å². The van der Waals surface area contributed by atoms with Crippen LogP contribution in [0.2, 0.25) is 0 Å². The van der Waals surface area contributed by atoms with Crippen LogP contribution < -0.4 is 5.32 Å². The lowest BCUT2D eigenvalue weighted by Gasteiger charge is -2.22. The number of rotatable bonds is 3. The highest BCUT2D eigenvalue weighted by atomic mass is 16.1. The highest BCUT2D eigenvalue weighted by molar-refractivity contribution is 5.51. The lowest BCUT2D eigenvalue weighted by Crippen LogP contribution is -2.38. The number of fused-ring (bicyclic) bond motifs is 1. The topological polar surface area (TPSA) is 32.3 Å². The van der Waals surface area contributed by atoms with Gasteiger partial charge < -0.3 is 10.2 Å². The minimum Gasteiger partial charge on any atom is -0.338 e. The lowest BCUT2D eigenvalue weighted by atomic mass is 10.2. The standard InChI is InChI=1S/C8H14N2O/c1-9-4-7-2-6-3-8(6)10(7)5-11/h5-9H,2-4H2,1H3. The predicted molar refractivity (Wildman–Crippen MR) is 42.1 cm³/mol. The molecule has 0 aromatic rings. The van der Waals surface area contributed by atoms with Crippen molar-refractivity contribution in [2.75, 3.05) is 13.6 Å². The van der Waals surface area contributed by atoms with Crippen LogP contribution in [0.1, 0.15) is 12.8 Å². The molecular weight excluding hydrogens is 140 g/mol. The molecule has 2 fully saturated rings. The molecule has 3 heteroatoms. The molecule has 0 aromatic carbocycles. The van der Waals surface area contributed by atoms with E-state index < -0.39 is 0 Å². The molecule has 11 heavy (non-hydrogen) atoms. The fourth-order valence-corrected chi connectivity index (χ4v) is 2.18. The van der Waals surface area contributed by atoms with E-state index in [-0.39, 0.29) is 0 Å². The van der Waals surface area contributed by atoms with Gasteiger partial charge in [-0.25, -0.2) is 0 Å². The van der Waals surface area contributed by atoms with Gasteiger partial charge in [0, 0.05) is 18.6 Å². The zero-order chi connectivity index (χ0) is 7.84. The Hall–Kier alpha value is -0.570. The monoisotopic (exact) mass is 154 g/mol. The molecule has 1 heterocycles. The molecule has 3 atom stereocenters. The molecule has 1 aliphatic heterocycles. The Morgan fingerprint density at radius 3 is 3.09 bits per heavy atom. The largest absolute Gasteiger partial charge is 0.338 e. The second kappa shape index (κ2) is 2.48. The van der Waals surface area contributed by atoms with Crippen LogP contribution >= 0.6 is 0 Å². The number of carbonyl (C=O) groups excluding carboxylic acids is 1. The SMILES string of the molecule is CNCC1CC2CC2N1C=O. The van der Waals surface area contributed by atoms with Gasteiger partial charge in [-0.2, -0.15) is 0 Å². The Morgan fingerprint density at radius 1 is 1.64 bits per heavy atom. The minimum absolute atomic E-state index is 0.473. The van der Waals surface area contributed by atoms with Crippen LogP contribution in [0.25, 0.3) is 0 Å². The number of likely N-dealkylation sites (N-methyl/N-ethyl adjacent to an activating group) is 1. The molecule has 1 N–H and O–H groups in total. The average molecular weight is 154 g/mol. The Bertz CT molecular complexity index is 171. The van der Waals surface area contributed by atoms with Crippen LogP contribution in [0.15, 0.2) is 0 Å². The summed E-state index contributed by atoms with van der Waals surface area (Å²) in [5, 5.41) is 3.11. The normalized spacial score (nSPS) is 40.5. The molecule has 2 rings (SSSR count). The summed E-state index contributed by atoms with van der Waals surface area (Å²) in [5.74, 6) is 0.832. The summed E-state index contributed by atoms with van der Waals surface area (Å²) in [6, 6.07) is 1.08. The van der Waals surface area contributed by atoms with Gasteiger partial charge in [-0.3, -0.25) is 4.79 Å². The number of likely N-dealkylation sites (tertiary alicyclic amines) is 1. The third-order valence-corrected chi connectivity index (χ3v) is 2.83. The maximum atomic E-state index is 10.6. The third-order valence-electron chi connectivity index (χ3n) is 2.83. The van der Waals surface area contributed by atoms with Crippen LogP contribution in [-0.2, 0) is 4.79 Å². The molecule has 3 nitrogen and oxygen atoms in total. The number of hydrogen-bond donors (Lipinski definition) is 1. The van der Waals surface area contributed by atoms with Crippen LogP contribution in [0.3, 0.4) is 0 Å². The molecule has 1 amide bonds. The van der Waals surface area contributed by atoms with Crippen LogP contribution in [0.4, 0.5) is 0 Å². The van der Waals surface area contributed by atoms with E-state index in [0.717, 1.165) is 18.9 Å². The van der Waals surface area contributed by atoms with Gasteiger partial charge in [0.1, 0.15) is 0 Å². The van der Waals surface area contributed by atoms with Crippen molar-refractivity contribution >= 4 is 6.41 Å². The zero-order valence-corrected chi connectivity index (χ0v) is 6.79. The molecule has 1 saturated carbocycles. The van der Waals surface area contributed by atoms with Gasteiger partial charge in [0.2, 0.25) is 6.41 Å². The number of nitrogens with zero attached hydrogens (tertiary/aromatic N) is 1. The Balaban J connectivity index is 1.95. The van der Waals surface area contributed by atoms with Gasteiger partial charge in [0.05, 0.1) is 0 Å². The van der Waals surface area contributed by atoms with Gasteiger partial charge in [-0.05, 0) is 25.8 Å². The van der Waals surface area contributed by atoms with Crippen LogP contribution in [0, 0.1) is 5.92 Å². The first kappa shape index (κ1) is 7.10. The Morgan fingerprint density at radius 2 is 2.45 bits per heavy atom. The van der Waals surface area contributed by atoms with Crippen molar-refractivity contribution in [2.24, 2.45) is 5.92 Å². The molecule has 0 aromatic heterocycles. The summed E-state index contributed by atoms with van der Waals surface area (Å²) in [6.45, 7) is 0.950. The molecule has 0 bridgehead atoms. The lowest BCUT2D eigenvalue weighted by molar-refractivity contribution is -0.119. The van der Waals surface area contributed by atoms with Gasteiger partial charge >= 0.3 is 0 Å². The Labute approximate surface area is 66.8 Å². The third kappa shape index (κ3) is 1.03. The number of nitrogens with one attached hydrogen (secondary N) is 1. The summed E-state index contributed by atoms with van der Waals surface area (Å²) in [5.41, 5.74) is 0. The van der Waals surface area contributed by atoms with Crippen molar-refractivity contribution < 1.29 is 4.79 Å². The number of amides is 1. The van der Waals surface area contributed by atoms with Crippen molar-refractivity contribution in [1.82, 2.24) is 10.2 Å². The molecule has 1 aliphatic carbocycles. The van der Waals surface area contributed by atoms with Crippen molar-refractivity contribution in [3.05, 3.63) is 0 Å². The van der Waals surface area contributed by atoms with Crippen molar-refractivity contribution in [3.63, 3.8) is 0 Å². The molecule has 0 radical (unpaired) electrons. The van der Waals surface area contributed by atoms with Crippen LogP contribution in [-0.4, -0.2) is 37.0 Å². The second-order valence-electron chi connectivity index (χ2n) is 3.56. The number of hydrogen-bond acceptors (Lipinski definition) is 2. The number of carbonyl (C=O) groups is 1. The summed E-state index contributed by atoms with van der Waals surface area (Å²) in [6.07, 6.45) is 3.48. The van der Waals surface area contributed by atoms with Gasteiger partial charge in [-0.15, -0.1) is 0 Å². The molecule has 1 saturated heterocycles. The zero-order valence-electron chi connectivity index (χ0n) is 6.79. The van der Waals surface area contributed by atoms with E-state index in [4.69, 9.17) is 0 Å². The van der Waals surface area contributed by atoms with Crippen LogP contribution in [0.5, 0.6) is 0 Å². The summed E-state index contributed by atoms with van der Waals surface area (Å²) >= 11 is 0. The fraction of sp³-hybridized carbons (Fsp3) is 0.875. The van der Waals surface area contributed by atoms with Crippen molar-refractivity contribution in [2.45, 2.75) is 24.9 Å². The first-order chi connectivity index (χ1) is 5.36. The van der Waals surface area contributed by atoms with E-state index >= 15 is 0 Å². The van der Waals surface area contributed by atoms with E-state index in [1.807, 2.05) is 11.9 Å². The summed E-state index contributed by atoms with van der Waals surface area (Å²) in [4.78, 5) is 12.6. The summed E-state index contributed by atoms with van der Waals surface area (Å²) < 4.78 is 0. The van der Waals surface area contributed by atoms with Gasteiger partial charge in [0.25, 0.3) is 0 Å². The maximum absolute atomic E-state index is 10.6. The highest BCUT2D eigenvalue weighted by Gasteiger charge is 2.50. The first-order valence-electron chi connectivity index (χ1n) is 4.24. The van der Waals surface area contributed by atoms with E-state index in [9.17, 15) is 4.79 Å². The second-order valence-corrected chi connectivity index (χ2v) is 3.56. The van der Waals surface area contributed by atoms with Gasteiger partial charge in [0.15, 0.2) is 0 Å².